The second-order valence-electron chi connectivity index (χ2n) is 4.67. The SMILES string of the molecule is CC1=NC2(CCCc3ccc(Br)cc32)NC1=S. The Morgan fingerprint density at radius 2 is 2.29 bits per heavy atom. The van der Waals surface area contributed by atoms with Crippen LogP contribution in [0.1, 0.15) is 30.9 Å². The molecule has 1 heterocycles. The topological polar surface area (TPSA) is 24.4 Å². The van der Waals surface area contributed by atoms with Crippen LogP contribution in [-0.4, -0.2) is 10.7 Å². The van der Waals surface area contributed by atoms with E-state index in [0.717, 1.165) is 34.4 Å². The van der Waals surface area contributed by atoms with E-state index in [1.165, 1.54) is 11.1 Å². The minimum absolute atomic E-state index is 0.293. The molecule has 2 nitrogen and oxygen atoms in total. The standard InChI is InChI=1S/C13H13BrN2S/c1-8-12(17)16-13(15-8)6-2-3-9-4-5-10(14)7-11(9)13/h4-5,7H,2-3,6H2,1H3,(H,16,17). The largest absolute Gasteiger partial charge is 0.347 e. The molecule has 1 aliphatic carbocycles. The minimum Gasteiger partial charge on any atom is -0.347 e. The van der Waals surface area contributed by atoms with Crippen molar-refractivity contribution in [2.24, 2.45) is 4.99 Å². The summed E-state index contributed by atoms with van der Waals surface area (Å²) in [7, 11) is 0. The van der Waals surface area contributed by atoms with Gasteiger partial charge >= 0.3 is 0 Å². The molecule has 0 saturated carbocycles. The van der Waals surface area contributed by atoms with Crippen LogP contribution in [-0.2, 0) is 12.1 Å². The third-order valence-electron chi connectivity index (χ3n) is 3.51. The van der Waals surface area contributed by atoms with E-state index in [9.17, 15) is 0 Å². The van der Waals surface area contributed by atoms with Gasteiger partial charge in [0.1, 0.15) is 4.99 Å². The highest BCUT2D eigenvalue weighted by Gasteiger charge is 2.40. The molecule has 1 N–H and O–H groups in total. The van der Waals surface area contributed by atoms with E-state index >= 15 is 0 Å². The van der Waals surface area contributed by atoms with Gasteiger partial charge in [-0.15, -0.1) is 0 Å². The number of thiocarbonyl (C=S) groups is 1. The quantitative estimate of drug-likeness (QED) is 0.744. The number of hydrogen-bond acceptors (Lipinski definition) is 2. The summed E-state index contributed by atoms with van der Waals surface area (Å²) in [6.07, 6.45) is 3.31. The molecule has 0 saturated heterocycles. The van der Waals surface area contributed by atoms with Gasteiger partial charge in [0.15, 0.2) is 5.66 Å². The Morgan fingerprint density at radius 3 is 3.00 bits per heavy atom. The molecule has 0 radical (unpaired) electrons. The minimum atomic E-state index is -0.293. The maximum atomic E-state index is 5.30. The van der Waals surface area contributed by atoms with Crippen LogP contribution < -0.4 is 5.32 Å². The molecular weight excluding hydrogens is 296 g/mol. The predicted molar refractivity (Wildman–Crippen MR) is 77.6 cm³/mol. The number of aliphatic imine (C=N–C) groups is 1. The van der Waals surface area contributed by atoms with Gasteiger partial charge in [0.05, 0.1) is 5.71 Å². The molecule has 2 aliphatic rings. The molecule has 1 aliphatic heterocycles. The molecule has 1 unspecified atom stereocenters. The molecule has 1 spiro atoms. The summed E-state index contributed by atoms with van der Waals surface area (Å²) >= 11 is 8.85. The summed E-state index contributed by atoms with van der Waals surface area (Å²) in [4.78, 5) is 5.58. The molecule has 88 valence electrons. The molecule has 1 atom stereocenters. The molecule has 0 amide bonds. The van der Waals surface area contributed by atoms with E-state index in [-0.39, 0.29) is 5.66 Å². The van der Waals surface area contributed by atoms with Crippen LogP contribution in [0.4, 0.5) is 0 Å². The summed E-state index contributed by atoms with van der Waals surface area (Å²) in [5.41, 5.74) is 3.32. The number of nitrogens with zero attached hydrogens (tertiary/aromatic N) is 1. The molecule has 1 aromatic carbocycles. The number of nitrogens with one attached hydrogen (secondary N) is 1. The number of fused-ring (bicyclic) bond motifs is 2. The van der Waals surface area contributed by atoms with Crippen molar-refractivity contribution in [2.45, 2.75) is 31.8 Å². The number of rotatable bonds is 0. The predicted octanol–water partition coefficient (Wildman–Crippen LogP) is 3.33. The summed E-state index contributed by atoms with van der Waals surface area (Å²) < 4.78 is 1.10. The highest BCUT2D eigenvalue weighted by Crippen LogP contribution is 2.40. The van der Waals surface area contributed by atoms with E-state index in [2.05, 4.69) is 39.4 Å². The molecule has 0 fully saturated rings. The third-order valence-corrected chi connectivity index (χ3v) is 4.40. The molecular formula is C13H13BrN2S. The summed E-state index contributed by atoms with van der Waals surface area (Å²) in [6, 6.07) is 6.46. The molecule has 4 heteroatoms. The first-order valence-electron chi connectivity index (χ1n) is 5.79. The lowest BCUT2D eigenvalue weighted by Gasteiger charge is -2.33. The molecule has 3 rings (SSSR count). The van der Waals surface area contributed by atoms with Crippen LogP contribution in [0.15, 0.2) is 27.7 Å². The van der Waals surface area contributed by atoms with E-state index in [0.29, 0.717) is 0 Å². The molecule has 0 bridgehead atoms. The third kappa shape index (κ3) is 1.74. The molecule has 17 heavy (non-hydrogen) atoms. The second kappa shape index (κ2) is 3.89. The van der Waals surface area contributed by atoms with Crippen molar-refractivity contribution in [1.29, 1.82) is 0 Å². The first-order valence-corrected chi connectivity index (χ1v) is 6.99. The van der Waals surface area contributed by atoms with Gasteiger partial charge in [-0.2, -0.15) is 0 Å². The molecule has 0 aromatic heterocycles. The van der Waals surface area contributed by atoms with Gasteiger partial charge in [-0.3, -0.25) is 4.99 Å². The summed E-state index contributed by atoms with van der Waals surface area (Å²) in [5.74, 6) is 0. The number of aryl methyl sites for hydroxylation is 1. The van der Waals surface area contributed by atoms with Gasteiger partial charge in [0.2, 0.25) is 0 Å². The number of hydrogen-bond donors (Lipinski definition) is 1. The first kappa shape index (κ1) is 11.4. The van der Waals surface area contributed by atoms with Crippen molar-refractivity contribution in [3.05, 3.63) is 33.8 Å². The monoisotopic (exact) mass is 308 g/mol. The van der Waals surface area contributed by atoms with Crippen molar-refractivity contribution >= 4 is 38.8 Å². The fourth-order valence-electron chi connectivity index (χ4n) is 2.71. The lowest BCUT2D eigenvalue weighted by Crippen LogP contribution is -2.41. The Morgan fingerprint density at radius 1 is 1.47 bits per heavy atom. The van der Waals surface area contributed by atoms with Crippen LogP contribution in [0.2, 0.25) is 0 Å². The average Bonchev–Trinajstić information content (AvgIpc) is 2.57. The highest BCUT2D eigenvalue weighted by atomic mass is 79.9. The Balaban J connectivity index is 2.17. The zero-order chi connectivity index (χ0) is 12.0. The van der Waals surface area contributed by atoms with Crippen LogP contribution >= 0.6 is 28.1 Å². The van der Waals surface area contributed by atoms with Gasteiger partial charge in [-0.05, 0) is 43.9 Å². The summed E-state index contributed by atoms with van der Waals surface area (Å²) in [6.45, 7) is 1.98. The van der Waals surface area contributed by atoms with E-state index < -0.39 is 0 Å². The zero-order valence-electron chi connectivity index (χ0n) is 9.59. The van der Waals surface area contributed by atoms with Crippen molar-refractivity contribution in [3.8, 4) is 0 Å². The second-order valence-corrected chi connectivity index (χ2v) is 5.99. The van der Waals surface area contributed by atoms with E-state index in [1.807, 2.05) is 6.92 Å². The fraction of sp³-hybridized carbons (Fsp3) is 0.385. The Hall–Kier alpha value is -0.740. The van der Waals surface area contributed by atoms with Gasteiger partial charge in [0, 0.05) is 10.0 Å². The van der Waals surface area contributed by atoms with E-state index in [4.69, 9.17) is 17.2 Å². The van der Waals surface area contributed by atoms with Gasteiger partial charge in [-0.25, -0.2) is 0 Å². The zero-order valence-corrected chi connectivity index (χ0v) is 12.0. The van der Waals surface area contributed by atoms with Crippen molar-refractivity contribution < 1.29 is 0 Å². The average molecular weight is 309 g/mol. The van der Waals surface area contributed by atoms with E-state index in [1.54, 1.807) is 0 Å². The number of halogens is 1. The highest BCUT2D eigenvalue weighted by molar-refractivity contribution is 9.10. The van der Waals surface area contributed by atoms with Gasteiger partial charge in [0.25, 0.3) is 0 Å². The van der Waals surface area contributed by atoms with Crippen LogP contribution in [0, 0.1) is 0 Å². The van der Waals surface area contributed by atoms with Crippen molar-refractivity contribution in [1.82, 2.24) is 5.32 Å². The first-order chi connectivity index (χ1) is 8.11. The van der Waals surface area contributed by atoms with Crippen LogP contribution in [0.5, 0.6) is 0 Å². The fourth-order valence-corrected chi connectivity index (χ4v) is 3.29. The van der Waals surface area contributed by atoms with Crippen LogP contribution in [0.25, 0.3) is 0 Å². The normalized spacial score (nSPS) is 26.7. The Bertz CT molecular complexity index is 538. The van der Waals surface area contributed by atoms with Crippen molar-refractivity contribution in [2.75, 3.05) is 0 Å². The maximum Gasteiger partial charge on any atom is 0.156 e. The van der Waals surface area contributed by atoms with Gasteiger partial charge in [-0.1, -0.05) is 34.2 Å². The number of benzene rings is 1. The van der Waals surface area contributed by atoms with Crippen LogP contribution in [0.3, 0.4) is 0 Å². The van der Waals surface area contributed by atoms with Gasteiger partial charge < -0.3 is 5.32 Å². The maximum absolute atomic E-state index is 5.30. The Kier molecular flexibility index (Phi) is 2.60. The Labute approximate surface area is 115 Å². The summed E-state index contributed by atoms with van der Waals surface area (Å²) in [5, 5.41) is 3.41. The van der Waals surface area contributed by atoms with Crippen molar-refractivity contribution in [3.63, 3.8) is 0 Å². The molecule has 1 aromatic rings. The lowest BCUT2D eigenvalue weighted by atomic mass is 9.83. The lowest BCUT2D eigenvalue weighted by molar-refractivity contribution is 0.360. The smallest absolute Gasteiger partial charge is 0.156 e.